The van der Waals surface area contributed by atoms with Crippen molar-refractivity contribution in [3.05, 3.63) is 72.3 Å². The molecule has 0 bridgehead atoms. The summed E-state index contributed by atoms with van der Waals surface area (Å²) in [4.78, 5) is 27.2. The standard InChI is InChI=1S/C25H29NO4/c1-25(2,3)30-24(28)26-17-9-8-12-21(26)22(23(27)29-4)20-15-13-19(14-16-20)18-10-6-5-7-11-18/h5-8,10-16,21-22H,9,17H2,1-4H3/t21-,22+/m0/s1. The summed E-state index contributed by atoms with van der Waals surface area (Å²) in [6, 6.07) is 17.4. The number of hydrogen-bond donors (Lipinski definition) is 0. The minimum Gasteiger partial charge on any atom is -0.468 e. The summed E-state index contributed by atoms with van der Waals surface area (Å²) >= 11 is 0. The van der Waals surface area contributed by atoms with E-state index in [9.17, 15) is 9.59 Å². The summed E-state index contributed by atoms with van der Waals surface area (Å²) in [6.45, 7) is 5.99. The molecule has 5 nitrogen and oxygen atoms in total. The van der Waals surface area contributed by atoms with E-state index in [-0.39, 0.29) is 5.97 Å². The third-order valence-corrected chi connectivity index (χ3v) is 5.03. The van der Waals surface area contributed by atoms with Gasteiger partial charge in [0.15, 0.2) is 0 Å². The summed E-state index contributed by atoms with van der Waals surface area (Å²) in [6.07, 6.45) is 4.20. The molecule has 1 aliphatic rings. The first-order valence-electron chi connectivity index (χ1n) is 10.2. The molecular formula is C25H29NO4. The smallest absolute Gasteiger partial charge is 0.410 e. The van der Waals surface area contributed by atoms with Crippen LogP contribution in [0.15, 0.2) is 66.7 Å². The van der Waals surface area contributed by atoms with Crippen LogP contribution in [-0.2, 0) is 14.3 Å². The Morgan fingerprint density at radius 3 is 2.23 bits per heavy atom. The molecule has 0 saturated carbocycles. The first kappa shape index (κ1) is 21.6. The lowest BCUT2D eigenvalue weighted by molar-refractivity contribution is -0.143. The third kappa shape index (κ3) is 5.09. The SMILES string of the molecule is COC(=O)[C@H](c1ccc(-c2ccccc2)cc1)[C@@H]1C=CCCN1C(=O)OC(C)(C)C. The Morgan fingerprint density at radius 2 is 1.63 bits per heavy atom. The Kier molecular flexibility index (Phi) is 6.60. The average Bonchev–Trinajstić information content (AvgIpc) is 2.74. The van der Waals surface area contributed by atoms with Gasteiger partial charge in [0.25, 0.3) is 0 Å². The van der Waals surface area contributed by atoms with Gasteiger partial charge in [0, 0.05) is 6.54 Å². The maximum absolute atomic E-state index is 12.8. The van der Waals surface area contributed by atoms with Gasteiger partial charge in [0.1, 0.15) is 11.5 Å². The Bertz CT molecular complexity index is 897. The second-order valence-corrected chi connectivity index (χ2v) is 8.37. The highest BCUT2D eigenvalue weighted by molar-refractivity contribution is 5.81. The van der Waals surface area contributed by atoms with E-state index in [1.54, 1.807) is 4.90 Å². The lowest BCUT2D eigenvalue weighted by Gasteiger charge is -2.37. The quantitative estimate of drug-likeness (QED) is 0.518. The zero-order chi connectivity index (χ0) is 21.7. The van der Waals surface area contributed by atoms with E-state index in [1.165, 1.54) is 7.11 Å². The van der Waals surface area contributed by atoms with Crippen molar-refractivity contribution >= 4 is 12.1 Å². The fraction of sp³-hybridized carbons (Fsp3) is 0.360. The summed E-state index contributed by atoms with van der Waals surface area (Å²) in [5.74, 6) is -1.02. The highest BCUT2D eigenvalue weighted by Crippen LogP contribution is 2.31. The van der Waals surface area contributed by atoms with Gasteiger partial charge in [0.05, 0.1) is 13.2 Å². The van der Waals surface area contributed by atoms with Crippen molar-refractivity contribution < 1.29 is 19.1 Å². The van der Waals surface area contributed by atoms with Crippen molar-refractivity contribution in [2.75, 3.05) is 13.7 Å². The largest absolute Gasteiger partial charge is 0.468 e. The second-order valence-electron chi connectivity index (χ2n) is 8.37. The van der Waals surface area contributed by atoms with Crippen LogP contribution in [0.3, 0.4) is 0 Å². The monoisotopic (exact) mass is 407 g/mol. The molecular weight excluding hydrogens is 378 g/mol. The van der Waals surface area contributed by atoms with E-state index in [0.717, 1.165) is 23.1 Å². The Hall–Kier alpha value is -3.08. The molecule has 0 fully saturated rings. The van der Waals surface area contributed by atoms with E-state index in [4.69, 9.17) is 9.47 Å². The molecule has 0 spiro atoms. The van der Waals surface area contributed by atoms with E-state index >= 15 is 0 Å². The third-order valence-electron chi connectivity index (χ3n) is 5.03. The lowest BCUT2D eigenvalue weighted by atomic mass is 9.87. The summed E-state index contributed by atoms with van der Waals surface area (Å²) < 4.78 is 10.7. The predicted octanol–water partition coefficient (Wildman–Crippen LogP) is 5.18. The minimum absolute atomic E-state index is 0.382. The minimum atomic E-state index is -0.635. The van der Waals surface area contributed by atoms with E-state index in [0.29, 0.717) is 6.54 Å². The predicted molar refractivity (Wildman–Crippen MR) is 117 cm³/mol. The van der Waals surface area contributed by atoms with Crippen LogP contribution in [0.4, 0.5) is 4.79 Å². The van der Waals surface area contributed by atoms with E-state index in [2.05, 4.69) is 0 Å². The molecule has 0 aromatic heterocycles. The lowest BCUT2D eigenvalue weighted by Crippen LogP contribution is -2.48. The van der Waals surface area contributed by atoms with Crippen LogP contribution in [0.2, 0.25) is 0 Å². The van der Waals surface area contributed by atoms with Crippen LogP contribution in [-0.4, -0.2) is 42.3 Å². The Balaban J connectivity index is 1.93. The van der Waals surface area contributed by atoms with Gasteiger partial charge in [-0.2, -0.15) is 0 Å². The van der Waals surface area contributed by atoms with Gasteiger partial charge in [-0.15, -0.1) is 0 Å². The molecule has 1 aliphatic heterocycles. The van der Waals surface area contributed by atoms with Gasteiger partial charge in [0.2, 0.25) is 0 Å². The number of ether oxygens (including phenoxy) is 2. The molecule has 0 saturated heterocycles. The number of methoxy groups -OCH3 is 1. The highest BCUT2D eigenvalue weighted by Gasteiger charge is 2.38. The molecule has 1 heterocycles. The van der Waals surface area contributed by atoms with Crippen molar-refractivity contribution in [2.45, 2.75) is 44.8 Å². The first-order valence-corrected chi connectivity index (χ1v) is 10.2. The summed E-state index contributed by atoms with van der Waals surface area (Å²) in [5.41, 5.74) is 2.35. The number of rotatable bonds is 4. The van der Waals surface area contributed by atoms with Crippen LogP contribution in [0.5, 0.6) is 0 Å². The molecule has 3 rings (SSSR count). The van der Waals surface area contributed by atoms with Crippen molar-refractivity contribution in [1.82, 2.24) is 4.90 Å². The van der Waals surface area contributed by atoms with Crippen molar-refractivity contribution in [3.63, 3.8) is 0 Å². The van der Waals surface area contributed by atoms with Gasteiger partial charge < -0.3 is 14.4 Å². The van der Waals surface area contributed by atoms with E-state index in [1.807, 2.05) is 87.5 Å². The van der Waals surface area contributed by atoms with Crippen molar-refractivity contribution in [3.8, 4) is 11.1 Å². The molecule has 1 amide bonds. The van der Waals surface area contributed by atoms with Gasteiger partial charge in [-0.1, -0.05) is 66.7 Å². The fourth-order valence-electron chi connectivity index (χ4n) is 3.64. The molecule has 0 N–H and O–H groups in total. The van der Waals surface area contributed by atoms with Gasteiger partial charge in [-0.25, -0.2) is 4.79 Å². The summed E-state index contributed by atoms with van der Waals surface area (Å²) in [7, 11) is 1.37. The zero-order valence-corrected chi connectivity index (χ0v) is 18.0. The maximum atomic E-state index is 12.8. The molecule has 2 aromatic rings. The van der Waals surface area contributed by atoms with Crippen LogP contribution in [0.25, 0.3) is 11.1 Å². The number of hydrogen-bond acceptors (Lipinski definition) is 4. The molecule has 2 aromatic carbocycles. The van der Waals surface area contributed by atoms with Crippen LogP contribution in [0.1, 0.15) is 38.7 Å². The number of carbonyl (C=O) groups is 2. The highest BCUT2D eigenvalue weighted by atomic mass is 16.6. The van der Waals surface area contributed by atoms with Crippen molar-refractivity contribution in [2.24, 2.45) is 0 Å². The van der Waals surface area contributed by atoms with Gasteiger partial charge in [-0.05, 0) is 43.9 Å². The Morgan fingerprint density at radius 1 is 1.00 bits per heavy atom. The molecule has 0 unspecified atom stereocenters. The average molecular weight is 408 g/mol. The normalized spacial score (nSPS) is 17.3. The van der Waals surface area contributed by atoms with Crippen molar-refractivity contribution in [1.29, 1.82) is 0 Å². The van der Waals surface area contributed by atoms with Crippen LogP contribution >= 0.6 is 0 Å². The number of benzene rings is 2. The number of amides is 1. The van der Waals surface area contributed by atoms with Gasteiger partial charge >= 0.3 is 12.1 Å². The number of esters is 1. The Labute approximate surface area is 178 Å². The first-order chi connectivity index (χ1) is 14.3. The molecule has 2 atom stereocenters. The summed E-state index contributed by atoms with van der Waals surface area (Å²) in [5, 5.41) is 0. The number of nitrogens with zero attached hydrogens (tertiary/aromatic N) is 1. The molecule has 30 heavy (non-hydrogen) atoms. The van der Waals surface area contributed by atoms with Crippen LogP contribution < -0.4 is 0 Å². The second kappa shape index (κ2) is 9.16. The molecule has 158 valence electrons. The fourth-order valence-corrected chi connectivity index (χ4v) is 3.64. The van der Waals surface area contributed by atoms with Crippen LogP contribution in [0, 0.1) is 0 Å². The molecule has 5 heteroatoms. The maximum Gasteiger partial charge on any atom is 0.410 e. The van der Waals surface area contributed by atoms with Gasteiger partial charge in [-0.3, -0.25) is 4.79 Å². The molecule has 0 radical (unpaired) electrons. The topological polar surface area (TPSA) is 55.8 Å². The molecule has 0 aliphatic carbocycles. The number of carbonyl (C=O) groups excluding carboxylic acids is 2. The zero-order valence-electron chi connectivity index (χ0n) is 18.0. The van der Waals surface area contributed by atoms with E-state index < -0.39 is 23.7 Å².